The maximum absolute atomic E-state index is 5.22. The van der Waals surface area contributed by atoms with Crippen LogP contribution in [-0.2, 0) is 9.47 Å². The molecule has 1 aliphatic carbocycles. The number of thioether (sulfide) groups is 1. The zero-order valence-corrected chi connectivity index (χ0v) is 11.3. The molecule has 94 valence electrons. The van der Waals surface area contributed by atoms with E-state index in [2.05, 4.69) is 24.3 Å². The molecule has 1 aliphatic rings. The van der Waals surface area contributed by atoms with Crippen molar-refractivity contribution in [2.24, 2.45) is 5.92 Å². The standard InChI is InChI=1S/C14H20O2S/c1-15-14(16-2)12-5-7-13(8-6-12)17-10-9-11-3-4-11/h5-8,11,14H,3-4,9-10H2,1-2H3. The fraction of sp³-hybridized carbons (Fsp3) is 0.571. The van der Waals surface area contributed by atoms with Crippen molar-refractivity contribution in [3.05, 3.63) is 29.8 Å². The van der Waals surface area contributed by atoms with Crippen LogP contribution in [0.1, 0.15) is 31.1 Å². The Bertz CT molecular complexity index is 329. The second-order valence-corrected chi connectivity index (χ2v) is 5.62. The molecule has 0 amide bonds. The van der Waals surface area contributed by atoms with Gasteiger partial charge in [-0.3, -0.25) is 0 Å². The molecule has 0 atom stereocenters. The second-order valence-electron chi connectivity index (χ2n) is 4.45. The van der Waals surface area contributed by atoms with Gasteiger partial charge in [0.15, 0.2) is 6.29 Å². The molecule has 0 bridgehead atoms. The largest absolute Gasteiger partial charge is 0.352 e. The minimum Gasteiger partial charge on any atom is -0.352 e. The van der Waals surface area contributed by atoms with Gasteiger partial charge >= 0.3 is 0 Å². The van der Waals surface area contributed by atoms with Crippen LogP contribution in [0.25, 0.3) is 0 Å². The summed E-state index contributed by atoms with van der Waals surface area (Å²) < 4.78 is 10.4. The van der Waals surface area contributed by atoms with Gasteiger partial charge in [0.25, 0.3) is 0 Å². The van der Waals surface area contributed by atoms with E-state index in [1.54, 1.807) is 14.2 Å². The lowest BCUT2D eigenvalue weighted by molar-refractivity contribution is -0.106. The molecule has 0 saturated heterocycles. The highest BCUT2D eigenvalue weighted by atomic mass is 32.2. The van der Waals surface area contributed by atoms with E-state index in [1.807, 2.05) is 11.8 Å². The molecule has 0 unspecified atom stereocenters. The average Bonchev–Trinajstić information content (AvgIpc) is 3.17. The SMILES string of the molecule is COC(OC)c1ccc(SCCC2CC2)cc1. The Morgan fingerprint density at radius 1 is 1.18 bits per heavy atom. The van der Waals surface area contributed by atoms with Crippen LogP contribution < -0.4 is 0 Å². The molecule has 17 heavy (non-hydrogen) atoms. The van der Waals surface area contributed by atoms with Crippen LogP contribution in [0.4, 0.5) is 0 Å². The maximum atomic E-state index is 5.22. The molecular weight excluding hydrogens is 232 g/mol. The first-order chi connectivity index (χ1) is 8.33. The fourth-order valence-corrected chi connectivity index (χ4v) is 2.85. The number of hydrogen-bond acceptors (Lipinski definition) is 3. The van der Waals surface area contributed by atoms with Crippen molar-refractivity contribution in [2.45, 2.75) is 30.4 Å². The molecule has 1 fully saturated rings. The highest BCUT2D eigenvalue weighted by molar-refractivity contribution is 7.99. The van der Waals surface area contributed by atoms with E-state index in [1.165, 1.54) is 29.9 Å². The van der Waals surface area contributed by atoms with Crippen molar-refractivity contribution in [1.82, 2.24) is 0 Å². The van der Waals surface area contributed by atoms with Crippen LogP contribution in [0.5, 0.6) is 0 Å². The predicted molar refractivity (Wildman–Crippen MR) is 71.3 cm³/mol. The number of rotatable bonds is 7. The normalized spacial score (nSPS) is 15.5. The third kappa shape index (κ3) is 4.02. The minimum atomic E-state index is -0.250. The Balaban J connectivity index is 1.83. The summed E-state index contributed by atoms with van der Waals surface area (Å²) in [5.74, 6) is 2.26. The molecule has 0 heterocycles. The molecule has 0 aromatic heterocycles. The summed E-state index contributed by atoms with van der Waals surface area (Å²) in [5.41, 5.74) is 1.07. The molecule has 0 spiro atoms. The highest BCUT2D eigenvalue weighted by Gasteiger charge is 2.20. The Morgan fingerprint density at radius 2 is 1.82 bits per heavy atom. The molecule has 1 aromatic rings. The lowest BCUT2D eigenvalue weighted by Crippen LogP contribution is -2.02. The third-order valence-corrected chi connectivity index (χ3v) is 4.12. The van der Waals surface area contributed by atoms with Crippen LogP contribution in [-0.4, -0.2) is 20.0 Å². The number of benzene rings is 1. The van der Waals surface area contributed by atoms with Gasteiger partial charge in [0.05, 0.1) is 0 Å². The van der Waals surface area contributed by atoms with Gasteiger partial charge in [-0.05, 0) is 30.2 Å². The van der Waals surface area contributed by atoms with Crippen molar-refractivity contribution in [3.63, 3.8) is 0 Å². The zero-order chi connectivity index (χ0) is 12.1. The Labute approximate surface area is 108 Å². The smallest absolute Gasteiger partial charge is 0.183 e. The summed E-state index contributed by atoms with van der Waals surface area (Å²) in [6.07, 6.45) is 4.01. The predicted octanol–water partition coefficient (Wildman–Crippen LogP) is 3.87. The minimum absolute atomic E-state index is 0.250. The van der Waals surface area contributed by atoms with Crippen molar-refractivity contribution < 1.29 is 9.47 Å². The van der Waals surface area contributed by atoms with Gasteiger partial charge < -0.3 is 9.47 Å². The topological polar surface area (TPSA) is 18.5 Å². The van der Waals surface area contributed by atoms with Crippen LogP contribution in [0.15, 0.2) is 29.2 Å². The lowest BCUT2D eigenvalue weighted by atomic mass is 10.2. The first-order valence-electron chi connectivity index (χ1n) is 6.12. The van der Waals surface area contributed by atoms with Gasteiger partial charge in [0.1, 0.15) is 0 Å². The van der Waals surface area contributed by atoms with E-state index in [-0.39, 0.29) is 6.29 Å². The molecule has 1 aromatic carbocycles. The van der Waals surface area contributed by atoms with Crippen molar-refractivity contribution in [1.29, 1.82) is 0 Å². The second kappa shape index (κ2) is 6.43. The number of methoxy groups -OCH3 is 2. The zero-order valence-electron chi connectivity index (χ0n) is 10.5. The number of hydrogen-bond donors (Lipinski definition) is 0. The summed E-state index contributed by atoms with van der Waals surface area (Å²) in [7, 11) is 3.32. The van der Waals surface area contributed by atoms with Gasteiger partial charge in [0.2, 0.25) is 0 Å². The molecule has 0 aliphatic heterocycles. The Morgan fingerprint density at radius 3 is 2.35 bits per heavy atom. The molecule has 3 heteroatoms. The Hall–Kier alpha value is -0.510. The van der Waals surface area contributed by atoms with Gasteiger partial charge in [-0.15, -0.1) is 11.8 Å². The van der Waals surface area contributed by atoms with E-state index in [0.717, 1.165) is 11.5 Å². The van der Waals surface area contributed by atoms with Crippen molar-refractivity contribution >= 4 is 11.8 Å². The summed E-state index contributed by atoms with van der Waals surface area (Å²) in [5, 5.41) is 0. The summed E-state index contributed by atoms with van der Waals surface area (Å²) >= 11 is 1.94. The van der Waals surface area contributed by atoms with Gasteiger partial charge in [-0.2, -0.15) is 0 Å². The Kier molecular flexibility index (Phi) is 4.89. The van der Waals surface area contributed by atoms with E-state index < -0.39 is 0 Å². The third-order valence-electron chi connectivity index (χ3n) is 3.07. The van der Waals surface area contributed by atoms with Crippen LogP contribution >= 0.6 is 11.8 Å². The van der Waals surface area contributed by atoms with E-state index in [0.29, 0.717) is 0 Å². The van der Waals surface area contributed by atoms with E-state index >= 15 is 0 Å². The maximum Gasteiger partial charge on any atom is 0.183 e. The molecular formula is C14H20O2S. The summed E-state index contributed by atoms with van der Waals surface area (Å²) in [6.45, 7) is 0. The van der Waals surface area contributed by atoms with Gasteiger partial charge in [0, 0.05) is 24.7 Å². The van der Waals surface area contributed by atoms with E-state index in [4.69, 9.17) is 9.47 Å². The first-order valence-corrected chi connectivity index (χ1v) is 7.10. The highest BCUT2D eigenvalue weighted by Crippen LogP contribution is 2.34. The molecule has 1 saturated carbocycles. The summed E-state index contributed by atoms with van der Waals surface area (Å²) in [6, 6.07) is 8.46. The number of ether oxygens (including phenoxy) is 2. The van der Waals surface area contributed by atoms with E-state index in [9.17, 15) is 0 Å². The quantitative estimate of drug-likeness (QED) is 0.542. The van der Waals surface area contributed by atoms with Gasteiger partial charge in [-0.25, -0.2) is 0 Å². The molecule has 0 N–H and O–H groups in total. The molecule has 2 nitrogen and oxygen atoms in total. The van der Waals surface area contributed by atoms with Crippen molar-refractivity contribution in [3.8, 4) is 0 Å². The summed E-state index contributed by atoms with van der Waals surface area (Å²) in [4.78, 5) is 1.33. The fourth-order valence-electron chi connectivity index (χ4n) is 1.84. The van der Waals surface area contributed by atoms with Crippen LogP contribution in [0.2, 0.25) is 0 Å². The first kappa shape index (κ1) is 12.9. The van der Waals surface area contributed by atoms with Crippen molar-refractivity contribution in [2.75, 3.05) is 20.0 Å². The molecule has 2 rings (SSSR count). The molecule has 0 radical (unpaired) electrons. The van der Waals surface area contributed by atoms with Gasteiger partial charge in [-0.1, -0.05) is 25.0 Å². The monoisotopic (exact) mass is 252 g/mol. The lowest BCUT2D eigenvalue weighted by Gasteiger charge is -2.13. The van der Waals surface area contributed by atoms with Crippen LogP contribution in [0, 0.1) is 5.92 Å². The average molecular weight is 252 g/mol. The van der Waals surface area contributed by atoms with Crippen LogP contribution in [0.3, 0.4) is 0 Å².